The largest absolute Gasteiger partial charge is 0.362 e. The number of nitrogens with two attached hydrogens (primary N) is 1. The number of anilines is 2. The van der Waals surface area contributed by atoms with Crippen molar-refractivity contribution in [3.05, 3.63) is 29.0 Å². The maximum Gasteiger partial charge on any atom is 0.240 e. The lowest BCUT2D eigenvalue weighted by molar-refractivity contribution is 0.388. The van der Waals surface area contributed by atoms with Crippen molar-refractivity contribution < 1.29 is 4.52 Å². The molecule has 0 unspecified atom stereocenters. The van der Waals surface area contributed by atoms with Crippen LogP contribution in [0.15, 0.2) is 22.9 Å². The van der Waals surface area contributed by atoms with Crippen LogP contribution >= 0.6 is 11.3 Å². The minimum Gasteiger partial charge on any atom is -0.362 e. The van der Waals surface area contributed by atoms with E-state index in [2.05, 4.69) is 38.9 Å². The van der Waals surface area contributed by atoms with E-state index in [1.807, 2.05) is 0 Å². The molecule has 3 aromatic heterocycles. The Morgan fingerprint density at radius 1 is 1.40 bits per heavy atom. The molecule has 0 aromatic carbocycles. The highest BCUT2D eigenvalue weighted by Crippen LogP contribution is 2.30. The Labute approximate surface area is 119 Å². The Kier molecular flexibility index (Phi) is 3.48. The molecule has 0 radical (unpaired) electrons. The summed E-state index contributed by atoms with van der Waals surface area (Å²) >= 11 is 1.64. The molecule has 0 aliphatic heterocycles. The van der Waals surface area contributed by atoms with Crippen LogP contribution in [-0.2, 0) is 13.0 Å². The van der Waals surface area contributed by atoms with Crippen LogP contribution in [0.25, 0.3) is 10.2 Å². The first kappa shape index (κ1) is 12.8. The van der Waals surface area contributed by atoms with Gasteiger partial charge in [0.25, 0.3) is 0 Å². The third kappa shape index (κ3) is 2.43. The monoisotopic (exact) mass is 290 g/mol. The van der Waals surface area contributed by atoms with Crippen LogP contribution in [-0.4, -0.2) is 15.1 Å². The van der Waals surface area contributed by atoms with Crippen LogP contribution in [0.2, 0.25) is 0 Å². The van der Waals surface area contributed by atoms with E-state index < -0.39 is 0 Å². The van der Waals surface area contributed by atoms with Gasteiger partial charge in [-0.05, 0) is 12.5 Å². The van der Waals surface area contributed by atoms with Gasteiger partial charge >= 0.3 is 0 Å². The van der Waals surface area contributed by atoms with Crippen LogP contribution < -0.4 is 16.6 Å². The molecule has 0 saturated heterocycles. The Balaban J connectivity index is 1.96. The molecule has 0 bridgehead atoms. The first-order valence-corrected chi connectivity index (χ1v) is 7.02. The molecular formula is C12H14N6OS. The van der Waals surface area contributed by atoms with Crippen molar-refractivity contribution in [2.45, 2.75) is 19.9 Å². The van der Waals surface area contributed by atoms with Gasteiger partial charge in [0.1, 0.15) is 10.6 Å². The molecule has 4 N–H and O–H groups in total. The third-order valence-corrected chi connectivity index (χ3v) is 4.02. The average molecular weight is 290 g/mol. The van der Waals surface area contributed by atoms with E-state index in [1.165, 1.54) is 4.88 Å². The molecular weight excluding hydrogens is 276 g/mol. The number of aromatic nitrogens is 3. The summed E-state index contributed by atoms with van der Waals surface area (Å²) in [4.78, 5) is 10.9. The van der Waals surface area contributed by atoms with Crippen molar-refractivity contribution >= 4 is 33.3 Å². The second kappa shape index (κ2) is 5.43. The molecule has 104 valence electrons. The van der Waals surface area contributed by atoms with Crippen molar-refractivity contribution in [2.24, 2.45) is 5.84 Å². The summed E-state index contributed by atoms with van der Waals surface area (Å²) in [6.45, 7) is 2.62. The first-order chi connectivity index (χ1) is 9.80. The zero-order valence-electron chi connectivity index (χ0n) is 10.9. The van der Waals surface area contributed by atoms with Gasteiger partial charge in [-0.3, -0.25) is 5.43 Å². The number of nitrogen functional groups attached to an aromatic ring is 1. The van der Waals surface area contributed by atoms with E-state index in [1.54, 1.807) is 23.6 Å². The minimum absolute atomic E-state index is 0.391. The van der Waals surface area contributed by atoms with Crippen LogP contribution in [0.5, 0.6) is 0 Å². The molecule has 3 heterocycles. The zero-order valence-corrected chi connectivity index (χ0v) is 11.7. The predicted octanol–water partition coefficient (Wildman–Crippen LogP) is 2.14. The van der Waals surface area contributed by atoms with Crippen LogP contribution in [0.4, 0.5) is 11.8 Å². The lowest BCUT2D eigenvalue weighted by Gasteiger charge is -2.06. The molecule has 0 atom stereocenters. The number of aryl methyl sites for hydroxylation is 1. The van der Waals surface area contributed by atoms with E-state index >= 15 is 0 Å². The van der Waals surface area contributed by atoms with Crippen LogP contribution in [0.1, 0.15) is 17.6 Å². The van der Waals surface area contributed by atoms with Gasteiger partial charge in [0.2, 0.25) is 5.95 Å². The van der Waals surface area contributed by atoms with Gasteiger partial charge in [-0.2, -0.15) is 4.98 Å². The molecule has 3 aromatic rings. The minimum atomic E-state index is 0.391. The van der Waals surface area contributed by atoms with E-state index in [-0.39, 0.29) is 0 Å². The molecule has 8 heteroatoms. The summed E-state index contributed by atoms with van der Waals surface area (Å²) in [7, 11) is 0. The number of rotatable bonds is 5. The summed E-state index contributed by atoms with van der Waals surface area (Å²) < 4.78 is 5.06. The lowest BCUT2D eigenvalue weighted by Crippen LogP contribution is -2.12. The van der Waals surface area contributed by atoms with Crippen molar-refractivity contribution in [3.63, 3.8) is 0 Å². The molecule has 0 aliphatic carbocycles. The number of hydrogen-bond acceptors (Lipinski definition) is 8. The van der Waals surface area contributed by atoms with Crippen LogP contribution in [0.3, 0.4) is 0 Å². The number of nitrogens with one attached hydrogen (secondary N) is 2. The number of hydrogen-bond donors (Lipinski definition) is 3. The Morgan fingerprint density at radius 3 is 3.00 bits per heavy atom. The van der Waals surface area contributed by atoms with Gasteiger partial charge in [0, 0.05) is 10.9 Å². The molecule has 20 heavy (non-hydrogen) atoms. The number of hydrazine groups is 1. The molecule has 7 nitrogen and oxygen atoms in total. The third-order valence-electron chi connectivity index (χ3n) is 2.84. The number of fused-ring (bicyclic) bond motifs is 1. The molecule has 0 aliphatic rings. The van der Waals surface area contributed by atoms with Gasteiger partial charge in [0.15, 0.2) is 5.76 Å². The van der Waals surface area contributed by atoms with Gasteiger partial charge in [-0.15, -0.1) is 11.3 Å². The molecule has 0 saturated carbocycles. The summed E-state index contributed by atoms with van der Waals surface area (Å²) in [5, 5.41) is 7.89. The summed E-state index contributed by atoms with van der Waals surface area (Å²) in [6.07, 6.45) is 2.58. The standard InChI is InChI=1S/C12H14N6OS/c1-2-8-5-9-10(14-6-7-3-4-15-19-7)16-12(18-13)17-11(9)20-8/h3-5H,2,6,13H2,1H3,(H2,14,16,17,18). The number of nitrogens with zero attached hydrogens (tertiary/aromatic N) is 3. The zero-order chi connectivity index (χ0) is 13.9. The topological polar surface area (TPSA) is 102 Å². The maximum atomic E-state index is 5.41. The summed E-state index contributed by atoms with van der Waals surface area (Å²) in [5.74, 6) is 7.28. The Bertz CT molecular complexity index is 708. The Morgan fingerprint density at radius 2 is 2.30 bits per heavy atom. The lowest BCUT2D eigenvalue weighted by atomic mass is 10.3. The summed E-state index contributed by atoms with van der Waals surface area (Å²) in [6, 6.07) is 3.90. The first-order valence-electron chi connectivity index (χ1n) is 6.20. The highest BCUT2D eigenvalue weighted by atomic mass is 32.1. The van der Waals surface area contributed by atoms with E-state index in [0.29, 0.717) is 12.5 Å². The van der Waals surface area contributed by atoms with E-state index in [0.717, 1.165) is 28.2 Å². The van der Waals surface area contributed by atoms with Crippen molar-refractivity contribution in [2.75, 3.05) is 10.7 Å². The fourth-order valence-corrected chi connectivity index (χ4v) is 2.82. The molecule has 0 amide bonds. The second-order valence-electron chi connectivity index (χ2n) is 4.16. The van der Waals surface area contributed by atoms with Crippen LogP contribution in [0, 0.1) is 0 Å². The molecule has 0 spiro atoms. The average Bonchev–Trinajstić information content (AvgIpc) is 3.12. The highest BCUT2D eigenvalue weighted by molar-refractivity contribution is 7.18. The van der Waals surface area contributed by atoms with Gasteiger partial charge in [0.05, 0.1) is 18.1 Å². The smallest absolute Gasteiger partial charge is 0.240 e. The molecule has 3 rings (SSSR count). The Hall–Kier alpha value is -2.19. The van der Waals surface area contributed by atoms with E-state index in [9.17, 15) is 0 Å². The fourth-order valence-electron chi connectivity index (χ4n) is 1.85. The predicted molar refractivity (Wildman–Crippen MR) is 78.4 cm³/mol. The quantitative estimate of drug-likeness (QED) is 0.488. The highest BCUT2D eigenvalue weighted by Gasteiger charge is 2.11. The van der Waals surface area contributed by atoms with Gasteiger partial charge in [-0.25, -0.2) is 10.8 Å². The number of thiophene rings is 1. The van der Waals surface area contributed by atoms with Crippen molar-refractivity contribution in [1.82, 2.24) is 15.1 Å². The van der Waals surface area contributed by atoms with Gasteiger partial charge in [-0.1, -0.05) is 12.1 Å². The molecule has 0 fully saturated rings. The SMILES string of the molecule is CCc1cc2c(NCc3ccno3)nc(NN)nc2s1. The fraction of sp³-hybridized carbons (Fsp3) is 0.250. The van der Waals surface area contributed by atoms with Crippen molar-refractivity contribution in [3.8, 4) is 0 Å². The van der Waals surface area contributed by atoms with E-state index in [4.69, 9.17) is 10.4 Å². The van der Waals surface area contributed by atoms with Crippen molar-refractivity contribution in [1.29, 1.82) is 0 Å². The second-order valence-corrected chi connectivity index (χ2v) is 5.27. The summed E-state index contributed by atoms with van der Waals surface area (Å²) in [5.41, 5.74) is 2.49. The maximum absolute atomic E-state index is 5.41. The van der Waals surface area contributed by atoms with Gasteiger partial charge < -0.3 is 9.84 Å². The normalized spacial score (nSPS) is 10.9.